The van der Waals surface area contributed by atoms with Gasteiger partial charge in [0.2, 0.25) is 10.0 Å². The summed E-state index contributed by atoms with van der Waals surface area (Å²) in [5.41, 5.74) is -1.17. The van der Waals surface area contributed by atoms with Crippen LogP contribution < -0.4 is 4.72 Å². The first-order valence-electron chi connectivity index (χ1n) is 8.86. The molecule has 0 aliphatic carbocycles. The van der Waals surface area contributed by atoms with Crippen LogP contribution in [0.1, 0.15) is 44.7 Å². The number of nitrogens with zero attached hydrogens (tertiary/aromatic N) is 1. The minimum Gasteiger partial charge on any atom is -0.444 e. The first-order valence-corrected chi connectivity index (χ1v) is 10.4. The third-order valence-electron chi connectivity index (χ3n) is 4.34. The molecule has 0 unspecified atom stereocenters. The number of ether oxygens (including phenoxy) is 1. The number of halogens is 3. The maximum atomic E-state index is 12.8. The van der Waals surface area contributed by atoms with Crippen LogP contribution in [0.15, 0.2) is 18.2 Å². The summed E-state index contributed by atoms with van der Waals surface area (Å²) in [6.45, 7) is 7.12. The molecule has 2 rings (SSSR count). The van der Waals surface area contributed by atoms with E-state index in [1.165, 1.54) is 11.8 Å². The van der Waals surface area contributed by atoms with E-state index in [0.29, 0.717) is 0 Å². The maximum absolute atomic E-state index is 12.8. The zero-order valence-electron chi connectivity index (χ0n) is 16.3. The van der Waals surface area contributed by atoms with E-state index < -0.39 is 38.7 Å². The van der Waals surface area contributed by atoms with E-state index in [-0.39, 0.29) is 37.2 Å². The molecule has 0 spiro atoms. The monoisotopic (exact) mass is 422 g/mol. The molecule has 158 valence electrons. The molecule has 1 aliphatic heterocycles. The van der Waals surface area contributed by atoms with Gasteiger partial charge in [-0.25, -0.2) is 13.2 Å². The predicted octanol–water partition coefficient (Wildman–Crippen LogP) is 4.16. The number of alkyl halides is 3. The Morgan fingerprint density at radius 2 is 1.75 bits per heavy atom. The molecular formula is C18H25F3N2O4S. The molecule has 0 aromatic heterocycles. The molecule has 1 amide bonds. The SMILES string of the molecule is Cc1cc(C(F)(F)F)ccc1NS(=O)(=O)C1CCN(C(=O)OC(C)(C)C)CC1. The number of rotatable bonds is 3. The second-order valence-corrected chi connectivity index (χ2v) is 9.80. The number of sulfonamides is 1. The van der Waals surface area contributed by atoms with Crippen molar-refractivity contribution in [3.8, 4) is 0 Å². The van der Waals surface area contributed by atoms with E-state index in [1.54, 1.807) is 20.8 Å². The van der Waals surface area contributed by atoms with Crippen molar-refractivity contribution in [1.29, 1.82) is 0 Å². The Balaban J connectivity index is 2.02. The van der Waals surface area contributed by atoms with Crippen LogP contribution in [0.2, 0.25) is 0 Å². The Bertz CT molecular complexity index is 824. The number of carbonyl (C=O) groups excluding carboxylic acids is 1. The summed E-state index contributed by atoms with van der Waals surface area (Å²) < 4.78 is 71.2. The van der Waals surface area contributed by atoms with Crippen LogP contribution in [0, 0.1) is 6.92 Å². The number of likely N-dealkylation sites (tertiary alicyclic amines) is 1. The van der Waals surface area contributed by atoms with E-state index >= 15 is 0 Å². The highest BCUT2D eigenvalue weighted by atomic mass is 32.2. The highest BCUT2D eigenvalue weighted by Gasteiger charge is 2.34. The largest absolute Gasteiger partial charge is 0.444 e. The fourth-order valence-corrected chi connectivity index (χ4v) is 4.40. The fourth-order valence-electron chi connectivity index (χ4n) is 2.87. The van der Waals surface area contributed by atoms with Crippen LogP contribution in [0.3, 0.4) is 0 Å². The summed E-state index contributed by atoms with van der Waals surface area (Å²) in [5, 5.41) is -0.743. The minimum absolute atomic E-state index is 0.113. The smallest absolute Gasteiger partial charge is 0.416 e. The summed E-state index contributed by atoms with van der Waals surface area (Å²) in [6.07, 6.45) is -4.55. The molecule has 1 N–H and O–H groups in total. The van der Waals surface area contributed by atoms with Crippen LogP contribution in [0.4, 0.5) is 23.7 Å². The lowest BCUT2D eigenvalue weighted by atomic mass is 10.1. The third-order valence-corrected chi connectivity index (χ3v) is 6.19. The normalized spacial score (nSPS) is 16.8. The van der Waals surface area contributed by atoms with E-state index in [9.17, 15) is 26.4 Å². The Morgan fingerprint density at radius 3 is 2.21 bits per heavy atom. The van der Waals surface area contributed by atoms with Crippen molar-refractivity contribution >= 4 is 21.8 Å². The second kappa shape index (κ2) is 7.81. The van der Waals surface area contributed by atoms with Crippen molar-refractivity contribution in [3.05, 3.63) is 29.3 Å². The number of piperidine rings is 1. The zero-order valence-corrected chi connectivity index (χ0v) is 17.1. The summed E-state index contributed by atoms with van der Waals surface area (Å²) in [7, 11) is -3.80. The minimum atomic E-state index is -4.49. The van der Waals surface area contributed by atoms with Gasteiger partial charge in [-0.05, 0) is 64.3 Å². The molecule has 1 saturated heterocycles. The van der Waals surface area contributed by atoms with Crippen molar-refractivity contribution < 1.29 is 31.1 Å². The van der Waals surface area contributed by atoms with Gasteiger partial charge in [-0.15, -0.1) is 0 Å². The van der Waals surface area contributed by atoms with Crippen LogP contribution in [-0.2, 0) is 20.9 Å². The Hall–Kier alpha value is -1.97. The summed E-state index contributed by atoms with van der Waals surface area (Å²) in [6, 6.07) is 2.87. The van der Waals surface area contributed by atoms with Crippen molar-refractivity contribution in [2.75, 3.05) is 17.8 Å². The lowest BCUT2D eigenvalue weighted by molar-refractivity contribution is -0.137. The summed E-state index contributed by atoms with van der Waals surface area (Å²) in [4.78, 5) is 13.5. The van der Waals surface area contributed by atoms with Gasteiger partial charge < -0.3 is 9.64 Å². The lowest BCUT2D eigenvalue weighted by Gasteiger charge is -2.33. The first-order chi connectivity index (χ1) is 12.7. The van der Waals surface area contributed by atoms with Gasteiger partial charge in [0.05, 0.1) is 16.5 Å². The fraction of sp³-hybridized carbons (Fsp3) is 0.611. The number of nitrogens with one attached hydrogen (secondary N) is 1. The van der Waals surface area contributed by atoms with Crippen molar-refractivity contribution in [1.82, 2.24) is 4.90 Å². The van der Waals surface area contributed by atoms with Gasteiger partial charge in [0, 0.05) is 13.1 Å². The molecule has 10 heteroatoms. The standard InChI is InChI=1S/C18H25F3N2O4S/c1-12-11-13(18(19,20)21)5-6-15(12)22-28(25,26)14-7-9-23(10-8-14)16(24)27-17(2,3)4/h5-6,11,14,22H,7-10H2,1-4H3. The van der Waals surface area contributed by atoms with Gasteiger partial charge in [0.1, 0.15) is 5.60 Å². The number of aryl methyl sites for hydroxylation is 1. The summed E-state index contributed by atoms with van der Waals surface area (Å²) in [5.74, 6) is 0. The number of hydrogen-bond donors (Lipinski definition) is 1. The van der Waals surface area contributed by atoms with E-state index in [4.69, 9.17) is 4.74 Å². The van der Waals surface area contributed by atoms with E-state index in [1.807, 2.05) is 0 Å². The lowest BCUT2D eigenvalue weighted by Crippen LogP contribution is -2.45. The van der Waals surface area contributed by atoms with Crippen molar-refractivity contribution in [2.45, 2.75) is 57.6 Å². The molecule has 1 aromatic carbocycles. The molecule has 0 atom stereocenters. The molecule has 1 fully saturated rings. The highest BCUT2D eigenvalue weighted by molar-refractivity contribution is 7.93. The van der Waals surface area contributed by atoms with E-state index in [0.717, 1.165) is 18.2 Å². The van der Waals surface area contributed by atoms with Crippen molar-refractivity contribution in [2.24, 2.45) is 0 Å². The van der Waals surface area contributed by atoms with Crippen molar-refractivity contribution in [3.63, 3.8) is 0 Å². The number of carbonyl (C=O) groups is 1. The first kappa shape index (κ1) is 22.3. The number of benzene rings is 1. The van der Waals surface area contributed by atoms with Crippen LogP contribution in [0.25, 0.3) is 0 Å². The zero-order chi connectivity index (χ0) is 21.3. The quantitative estimate of drug-likeness (QED) is 0.794. The maximum Gasteiger partial charge on any atom is 0.416 e. The number of amides is 1. The second-order valence-electron chi connectivity index (χ2n) is 7.84. The molecule has 0 radical (unpaired) electrons. The van der Waals surface area contributed by atoms with Gasteiger partial charge in [-0.3, -0.25) is 4.72 Å². The van der Waals surface area contributed by atoms with E-state index in [2.05, 4.69) is 4.72 Å². The Kier molecular flexibility index (Phi) is 6.22. The molecule has 1 aromatic rings. The van der Waals surface area contributed by atoms with Crippen LogP contribution >= 0.6 is 0 Å². The molecular weight excluding hydrogens is 397 g/mol. The molecule has 0 saturated carbocycles. The predicted molar refractivity (Wildman–Crippen MR) is 99.6 cm³/mol. The van der Waals surface area contributed by atoms with Gasteiger partial charge in [0.15, 0.2) is 0 Å². The van der Waals surface area contributed by atoms with Crippen LogP contribution in [-0.4, -0.2) is 43.4 Å². The van der Waals surface area contributed by atoms with Gasteiger partial charge in [0.25, 0.3) is 0 Å². The number of hydrogen-bond acceptors (Lipinski definition) is 4. The molecule has 6 nitrogen and oxygen atoms in total. The Morgan fingerprint density at radius 1 is 1.18 bits per heavy atom. The molecule has 28 heavy (non-hydrogen) atoms. The van der Waals surface area contributed by atoms with Gasteiger partial charge in [-0.2, -0.15) is 13.2 Å². The average Bonchev–Trinajstić information content (AvgIpc) is 2.54. The van der Waals surface area contributed by atoms with Gasteiger partial charge >= 0.3 is 12.3 Å². The molecule has 0 bridgehead atoms. The van der Waals surface area contributed by atoms with Gasteiger partial charge in [-0.1, -0.05) is 0 Å². The topological polar surface area (TPSA) is 75.7 Å². The highest BCUT2D eigenvalue weighted by Crippen LogP contribution is 2.32. The summed E-state index contributed by atoms with van der Waals surface area (Å²) >= 11 is 0. The average molecular weight is 422 g/mol. The molecule has 1 heterocycles. The third kappa shape index (κ3) is 5.76. The number of anilines is 1. The molecule has 1 aliphatic rings. The Labute approximate surface area is 163 Å². The van der Waals surface area contributed by atoms with Crippen LogP contribution in [0.5, 0.6) is 0 Å².